The fraction of sp³-hybridized carbons (Fsp3) is 0.130. The number of hydrogen-bond donors (Lipinski definition) is 0. The monoisotopic (exact) mass is 380 g/mol. The molecule has 0 saturated carbocycles. The van der Waals surface area contributed by atoms with Gasteiger partial charge in [-0.25, -0.2) is 9.97 Å². The van der Waals surface area contributed by atoms with Crippen LogP contribution in [0.25, 0.3) is 44.4 Å². The Balaban J connectivity index is 1.97. The summed E-state index contributed by atoms with van der Waals surface area (Å²) in [5.74, 6) is 0.915. The molecule has 6 rings (SSSR count). The standard InChI is InChI=1S/C23H20N4Si/c1-28(2,3)15-12-13-19-16(14-15)22-24-17-8-4-7-11-21(17)27(22)23-25-18-9-5-6-10-20(18)26(19)23/h4-14H,1-3H3. The molecule has 136 valence electrons. The fourth-order valence-electron chi connectivity index (χ4n) is 4.19. The molecule has 0 amide bonds. The van der Waals surface area contributed by atoms with Gasteiger partial charge in [0.05, 0.1) is 35.7 Å². The minimum absolute atomic E-state index is 0.915. The predicted octanol–water partition coefficient (Wildman–Crippen LogP) is 4.99. The highest BCUT2D eigenvalue weighted by molar-refractivity contribution is 6.88. The number of imidazole rings is 2. The first-order valence-electron chi connectivity index (χ1n) is 9.63. The van der Waals surface area contributed by atoms with Crippen molar-refractivity contribution in [1.82, 2.24) is 18.8 Å². The minimum atomic E-state index is -1.44. The lowest BCUT2D eigenvalue weighted by molar-refractivity contribution is 1.14. The maximum absolute atomic E-state index is 5.01. The van der Waals surface area contributed by atoms with Gasteiger partial charge in [0.25, 0.3) is 0 Å². The lowest BCUT2D eigenvalue weighted by atomic mass is 10.2. The number of benzene rings is 3. The van der Waals surface area contributed by atoms with Gasteiger partial charge in [0.1, 0.15) is 5.65 Å². The summed E-state index contributed by atoms with van der Waals surface area (Å²) in [6, 6.07) is 23.6. The van der Waals surface area contributed by atoms with E-state index < -0.39 is 8.07 Å². The van der Waals surface area contributed by atoms with Crippen molar-refractivity contribution in [1.29, 1.82) is 0 Å². The van der Waals surface area contributed by atoms with Crippen LogP contribution in [-0.4, -0.2) is 26.8 Å². The second-order valence-electron chi connectivity index (χ2n) is 8.48. The smallest absolute Gasteiger partial charge is 0.221 e. The zero-order valence-corrected chi connectivity index (χ0v) is 17.1. The van der Waals surface area contributed by atoms with E-state index in [4.69, 9.17) is 9.97 Å². The van der Waals surface area contributed by atoms with Gasteiger partial charge in [0.2, 0.25) is 5.78 Å². The second-order valence-corrected chi connectivity index (χ2v) is 13.6. The van der Waals surface area contributed by atoms with E-state index in [1.807, 2.05) is 12.1 Å². The molecule has 5 heteroatoms. The summed E-state index contributed by atoms with van der Waals surface area (Å²) in [7, 11) is -1.44. The molecule has 0 N–H and O–H groups in total. The van der Waals surface area contributed by atoms with Crippen LogP contribution >= 0.6 is 0 Å². The van der Waals surface area contributed by atoms with E-state index in [1.165, 1.54) is 10.6 Å². The lowest BCUT2D eigenvalue weighted by Crippen LogP contribution is -2.37. The summed E-state index contributed by atoms with van der Waals surface area (Å²) in [4.78, 5) is 9.99. The van der Waals surface area contributed by atoms with Crippen LogP contribution in [0, 0.1) is 0 Å². The molecule has 4 nitrogen and oxygen atoms in total. The molecule has 0 saturated heterocycles. The molecule has 0 fully saturated rings. The maximum atomic E-state index is 5.01. The molecule has 3 aromatic heterocycles. The van der Waals surface area contributed by atoms with Crippen molar-refractivity contribution in [2.45, 2.75) is 19.6 Å². The summed E-state index contributed by atoms with van der Waals surface area (Å²) in [5.41, 5.74) is 6.37. The number of para-hydroxylation sites is 4. The molecular weight excluding hydrogens is 360 g/mol. The Bertz CT molecular complexity index is 1550. The number of nitrogens with zero attached hydrogens (tertiary/aromatic N) is 4. The van der Waals surface area contributed by atoms with Crippen molar-refractivity contribution in [3.63, 3.8) is 0 Å². The van der Waals surface area contributed by atoms with E-state index in [1.54, 1.807) is 0 Å². The molecule has 3 aromatic carbocycles. The lowest BCUT2D eigenvalue weighted by Gasteiger charge is -2.18. The van der Waals surface area contributed by atoms with Crippen molar-refractivity contribution in [2.75, 3.05) is 0 Å². The van der Waals surface area contributed by atoms with Gasteiger partial charge in [-0.15, -0.1) is 0 Å². The van der Waals surface area contributed by atoms with Crippen molar-refractivity contribution >= 4 is 57.7 Å². The summed E-state index contributed by atoms with van der Waals surface area (Å²) in [6.07, 6.45) is 0. The van der Waals surface area contributed by atoms with Crippen molar-refractivity contribution in [3.05, 3.63) is 66.7 Å². The van der Waals surface area contributed by atoms with Crippen LogP contribution in [-0.2, 0) is 0 Å². The molecule has 0 spiro atoms. The Morgan fingerprint density at radius 1 is 0.679 bits per heavy atom. The highest BCUT2D eigenvalue weighted by Gasteiger charge is 2.21. The second kappa shape index (κ2) is 5.20. The van der Waals surface area contributed by atoms with E-state index >= 15 is 0 Å². The molecule has 0 radical (unpaired) electrons. The van der Waals surface area contributed by atoms with Gasteiger partial charge in [-0.1, -0.05) is 55.2 Å². The molecule has 0 bridgehead atoms. The SMILES string of the molecule is C[Si](C)(C)c1ccc2c(c1)c1nc3ccccc3n1c1nc3ccccc3n21. The third kappa shape index (κ3) is 1.99. The average molecular weight is 381 g/mol. The molecule has 3 heterocycles. The Morgan fingerprint density at radius 2 is 1.32 bits per heavy atom. The number of fused-ring (bicyclic) bond motifs is 10. The largest absolute Gasteiger partial charge is 0.277 e. The van der Waals surface area contributed by atoms with Crippen LogP contribution < -0.4 is 5.19 Å². The molecule has 6 aromatic rings. The summed E-state index contributed by atoms with van der Waals surface area (Å²) >= 11 is 0. The van der Waals surface area contributed by atoms with Crippen LogP contribution in [0.2, 0.25) is 19.6 Å². The van der Waals surface area contributed by atoms with Gasteiger partial charge < -0.3 is 0 Å². The first-order chi connectivity index (χ1) is 13.5. The highest BCUT2D eigenvalue weighted by Crippen LogP contribution is 2.29. The van der Waals surface area contributed by atoms with Crippen LogP contribution in [0.4, 0.5) is 0 Å². The molecule has 0 atom stereocenters. The van der Waals surface area contributed by atoms with Gasteiger partial charge in [-0.05, 0) is 36.4 Å². The zero-order chi connectivity index (χ0) is 19.0. The number of aromatic nitrogens is 4. The van der Waals surface area contributed by atoms with Crippen molar-refractivity contribution in [2.24, 2.45) is 0 Å². The summed E-state index contributed by atoms with van der Waals surface area (Å²) in [5, 5.41) is 2.63. The maximum Gasteiger partial charge on any atom is 0.221 e. The van der Waals surface area contributed by atoms with E-state index in [2.05, 4.69) is 83.0 Å². The predicted molar refractivity (Wildman–Crippen MR) is 119 cm³/mol. The quantitative estimate of drug-likeness (QED) is 0.377. The first-order valence-corrected chi connectivity index (χ1v) is 13.1. The minimum Gasteiger partial charge on any atom is -0.277 e. The normalized spacial score (nSPS) is 12.8. The highest BCUT2D eigenvalue weighted by atomic mass is 28.3. The van der Waals surface area contributed by atoms with E-state index in [-0.39, 0.29) is 0 Å². The third-order valence-electron chi connectivity index (χ3n) is 5.65. The van der Waals surface area contributed by atoms with Crippen LogP contribution in [0.3, 0.4) is 0 Å². The third-order valence-corrected chi connectivity index (χ3v) is 7.69. The Kier molecular flexibility index (Phi) is 2.94. The Hall–Kier alpha value is -3.18. The number of hydrogen-bond acceptors (Lipinski definition) is 2. The van der Waals surface area contributed by atoms with Gasteiger partial charge in [0, 0.05) is 5.39 Å². The van der Waals surface area contributed by atoms with Crippen LogP contribution in [0.5, 0.6) is 0 Å². The van der Waals surface area contributed by atoms with Gasteiger partial charge in [0.15, 0.2) is 0 Å². The van der Waals surface area contributed by atoms with E-state index in [0.29, 0.717) is 0 Å². The van der Waals surface area contributed by atoms with Crippen molar-refractivity contribution < 1.29 is 0 Å². The summed E-state index contributed by atoms with van der Waals surface area (Å²) in [6.45, 7) is 7.16. The molecule has 0 aliphatic heterocycles. The average Bonchev–Trinajstić information content (AvgIpc) is 3.25. The number of rotatable bonds is 1. The van der Waals surface area contributed by atoms with Crippen LogP contribution in [0.1, 0.15) is 0 Å². The fourth-order valence-corrected chi connectivity index (χ4v) is 5.35. The van der Waals surface area contributed by atoms with Gasteiger partial charge in [-0.3, -0.25) is 8.80 Å². The molecule has 28 heavy (non-hydrogen) atoms. The Labute approximate surface area is 163 Å². The van der Waals surface area contributed by atoms with Gasteiger partial charge >= 0.3 is 0 Å². The molecular formula is C23H20N4Si. The Morgan fingerprint density at radius 3 is 2.04 bits per heavy atom. The van der Waals surface area contributed by atoms with Crippen molar-refractivity contribution in [3.8, 4) is 0 Å². The van der Waals surface area contributed by atoms with Gasteiger partial charge in [-0.2, -0.15) is 0 Å². The van der Waals surface area contributed by atoms with Crippen LogP contribution in [0.15, 0.2) is 66.7 Å². The van der Waals surface area contributed by atoms with E-state index in [9.17, 15) is 0 Å². The van der Waals surface area contributed by atoms with E-state index in [0.717, 1.165) is 39.0 Å². The molecule has 0 aliphatic carbocycles. The molecule has 0 aliphatic rings. The zero-order valence-electron chi connectivity index (χ0n) is 16.1. The topological polar surface area (TPSA) is 34.6 Å². The summed E-state index contributed by atoms with van der Waals surface area (Å²) < 4.78 is 4.49. The first kappa shape index (κ1) is 15.8. The molecule has 0 unspecified atom stereocenters.